The second kappa shape index (κ2) is 7.17. The molecular formula is C12H17NO2S. The van der Waals surface area contributed by atoms with Gasteiger partial charge in [-0.2, -0.15) is 11.8 Å². The van der Waals surface area contributed by atoms with Crippen molar-refractivity contribution in [2.24, 2.45) is 0 Å². The van der Waals surface area contributed by atoms with Gasteiger partial charge in [0, 0.05) is 6.54 Å². The highest BCUT2D eigenvalue weighted by Gasteiger charge is 2.02. The van der Waals surface area contributed by atoms with Crippen LogP contribution in [0, 0.1) is 0 Å². The van der Waals surface area contributed by atoms with Gasteiger partial charge in [0.25, 0.3) is 0 Å². The maximum atomic E-state index is 11.5. The molecule has 0 aromatic heterocycles. The Morgan fingerprint density at radius 2 is 2.31 bits per heavy atom. The molecular weight excluding hydrogens is 222 g/mol. The second-order valence-electron chi connectivity index (χ2n) is 3.54. The first-order valence-electron chi connectivity index (χ1n) is 5.26. The van der Waals surface area contributed by atoms with E-state index < -0.39 is 0 Å². The minimum absolute atomic E-state index is 0.00621. The van der Waals surface area contributed by atoms with Gasteiger partial charge in [-0.3, -0.25) is 4.79 Å². The molecule has 4 heteroatoms. The Balaban J connectivity index is 2.29. The zero-order valence-electron chi connectivity index (χ0n) is 9.40. The van der Waals surface area contributed by atoms with Crippen LogP contribution >= 0.6 is 11.8 Å². The number of hydrogen-bond donors (Lipinski definition) is 2. The van der Waals surface area contributed by atoms with Crippen LogP contribution in [0.15, 0.2) is 24.3 Å². The Bertz CT molecular complexity index is 342. The maximum absolute atomic E-state index is 11.5. The van der Waals surface area contributed by atoms with Gasteiger partial charge < -0.3 is 10.4 Å². The topological polar surface area (TPSA) is 49.3 Å². The highest BCUT2D eigenvalue weighted by atomic mass is 32.2. The van der Waals surface area contributed by atoms with Crippen molar-refractivity contribution in [1.29, 1.82) is 0 Å². The summed E-state index contributed by atoms with van der Waals surface area (Å²) in [6.07, 6.45) is 3.37. The molecule has 3 nitrogen and oxygen atoms in total. The lowest BCUT2D eigenvalue weighted by atomic mass is 10.1. The first-order chi connectivity index (χ1) is 7.72. The smallest absolute Gasteiger partial charge is 0.224 e. The fraction of sp³-hybridized carbons (Fsp3) is 0.417. The number of nitrogens with one attached hydrogen (secondary N) is 1. The van der Waals surface area contributed by atoms with E-state index in [4.69, 9.17) is 0 Å². The number of rotatable bonds is 6. The molecule has 0 saturated carbocycles. The van der Waals surface area contributed by atoms with E-state index >= 15 is 0 Å². The number of phenolic OH excluding ortho intramolecular Hbond substituents is 1. The number of phenols is 1. The first kappa shape index (κ1) is 12.9. The second-order valence-corrected chi connectivity index (χ2v) is 4.53. The largest absolute Gasteiger partial charge is 0.508 e. The van der Waals surface area contributed by atoms with Crippen molar-refractivity contribution in [2.75, 3.05) is 18.6 Å². The van der Waals surface area contributed by atoms with E-state index in [1.807, 2.05) is 6.07 Å². The number of thioether (sulfide) groups is 1. The summed E-state index contributed by atoms with van der Waals surface area (Å²) in [5.74, 6) is 1.27. The van der Waals surface area contributed by atoms with Crippen molar-refractivity contribution in [2.45, 2.75) is 12.8 Å². The lowest BCUT2D eigenvalue weighted by molar-refractivity contribution is -0.120. The number of aromatic hydroxyl groups is 1. The van der Waals surface area contributed by atoms with E-state index in [0.717, 1.165) is 24.3 Å². The number of hydrogen-bond acceptors (Lipinski definition) is 3. The summed E-state index contributed by atoms with van der Waals surface area (Å²) < 4.78 is 0. The molecule has 16 heavy (non-hydrogen) atoms. The molecule has 0 unspecified atom stereocenters. The predicted octanol–water partition coefficient (Wildman–Crippen LogP) is 1.80. The molecule has 0 saturated heterocycles. The van der Waals surface area contributed by atoms with Crippen LogP contribution in [0.5, 0.6) is 5.75 Å². The SMILES string of the molecule is CSCCCNC(=O)Cc1cccc(O)c1. The molecule has 88 valence electrons. The number of amides is 1. The normalized spacial score (nSPS) is 10.1. The molecule has 0 aliphatic carbocycles. The monoisotopic (exact) mass is 239 g/mol. The molecule has 0 aliphatic rings. The van der Waals surface area contributed by atoms with Crippen LogP contribution in [0.25, 0.3) is 0 Å². The summed E-state index contributed by atoms with van der Waals surface area (Å²) in [5, 5.41) is 12.1. The molecule has 1 aromatic rings. The molecule has 0 fully saturated rings. The minimum atomic E-state index is 0.00621. The Labute approximate surface area is 100 Å². The summed E-state index contributed by atoms with van der Waals surface area (Å²) in [4.78, 5) is 11.5. The number of benzene rings is 1. The van der Waals surface area contributed by atoms with Crippen molar-refractivity contribution in [3.8, 4) is 5.75 Å². The average Bonchev–Trinajstić information content (AvgIpc) is 2.24. The van der Waals surface area contributed by atoms with E-state index in [0.29, 0.717) is 6.42 Å². The third kappa shape index (κ3) is 5.07. The van der Waals surface area contributed by atoms with E-state index in [2.05, 4.69) is 11.6 Å². The van der Waals surface area contributed by atoms with Gasteiger partial charge in [-0.05, 0) is 36.1 Å². The van der Waals surface area contributed by atoms with Gasteiger partial charge in [-0.15, -0.1) is 0 Å². The van der Waals surface area contributed by atoms with E-state index in [9.17, 15) is 9.90 Å². The predicted molar refractivity (Wildman–Crippen MR) is 67.8 cm³/mol. The fourth-order valence-electron chi connectivity index (χ4n) is 1.36. The molecule has 1 rings (SSSR count). The third-order valence-electron chi connectivity index (χ3n) is 2.12. The van der Waals surface area contributed by atoms with Gasteiger partial charge >= 0.3 is 0 Å². The van der Waals surface area contributed by atoms with Gasteiger partial charge in [-0.25, -0.2) is 0 Å². The van der Waals surface area contributed by atoms with Crippen LogP contribution in [0.3, 0.4) is 0 Å². The van der Waals surface area contributed by atoms with Gasteiger partial charge in [-0.1, -0.05) is 12.1 Å². The molecule has 0 aliphatic heterocycles. The van der Waals surface area contributed by atoms with Crippen LogP contribution in [0.1, 0.15) is 12.0 Å². The molecule has 1 amide bonds. The molecule has 0 bridgehead atoms. The zero-order chi connectivity index (χ0) is 11.8. The summed E-state index contributed by atoms with van der Waals surface area (Å²) in [6, 6.07) is 6.79. The minimum Gasteiger partial charge on any atom is -0.508 e. The lowest BCUT2D eigenvalue weighted by Gasteiger charge is -2.04. The van der Waals surface area contributed by atoms with Gasteiger partial charge in [0.2, 0.25) is 5.91 Å². The van der Waals surface area contributed by atoms with Crippen LogP contribution in [-0.2, 0) is 11.2 Å². The average molecular weight is 239 g/mol. The standard InChI is InChI=1S/C12H17NO2S/c1-16-7-3-6-13-12(15)9-10-4-2-5-11(14)8-10/h2,4-5,8,14H,3,6-7,9H2,1H3,(H,13,15). The van der Waals surface area contributed by atoms with Gasteiger partial charge in [0.15, 0.2) is 0 Å². The van der Waals surface area contributed by atoms with E-state index in [1.165, 1.54) is 0 Å². The van der Waals surface area contributed by atoms with Crippen molar-refractivity contribution in [1.82, 2.24) is 5.32 Å². The summed E-state index contributed by atoms with van der Waals surface area (Å²) in [5.41, 5.74) is 0.836. The molecule has 0 atom stereocenters. The highest BCUT2D eigenvalue weighted by molar-refractivity contribution is 7.98. The third-order valence-corrected chi connectivity index (χ3v) is 2.82. The van der Waals surface area contributed by atoms with Gasteiger partial charge in [0.1, 0.15) is 5.75 Å². The Hall–Kier alpha value is -1.16. The van der Waals surface area contributed by atoms with E-state index in [-0.39, 0.29) is 11.7 Å². The molecule has 2 N–H and O–H groups in total. The van der Waals surface area contributed by atoms with Crippen LogP contribution in [0.4, 0.5) is 0 Å². The Morgan fingerprint density at radius 3 is 3.00 bits per heavy atom. The highest BCUT2D eigenvalue weighted by Crippen LogP contribution is 2.11. The Kier molecular flexibility index (Phi) is 5.78. The maximum Gasteiger partial charge on any atom is 0.224 e. The zero-order valence-corrected chi connectivity index (χ0v) is 10.2. The number of carbonyl (C=O) groups is 1. The summed E-state index contributed by atoms with van der Waals surface area (Å²) in [6.45, 7) is 0.721. The quantitative estimate of drug-likeness (QED) is 0.744. The first-order valence-corrected chi connectivity index (χ1v) is 6.65. The molecule has 0 radical (unpaired) electrons. The lowest BCUT2D eigenvalue weighted by Crippen LogP contribution is -2.26. The molecule has 0 spiro atoms. The van der Waals surface area contributed by atoms with Crippen molar-refractivity contribution < 1.29 is 9.90 Å². The molecule has 1 aromatic carbocycles. The van der Waals surface area contributed by atoms with Crippen molar-refractivity contribution in [3.05, 3.63) is 29.8 Å². The van der Waals surface area contributed by atoms with Crippen LogP contribution in [-0.4, -0.2) is 29.6 Å². The fourth-order valence-corrected chi connectivity index (χ4v) is 1.79. The van der Waals surface area contributed by atoms with Crippen molar-refractivity contribution >= 4 is 17.7 Å². The van der Waals surface area contributed by atoms with Crippen LogP contribution < -0.4 is 5.32 Å². The Morgan fingerprint density at radius 1 is 1.50 bits per heavy atom. The van der Waals surface area contributed by atoms with Crippen LogP contribution in [0.2, 0.25) is 0 Å². The summed E-state index contributed by atoms with van der Waals surface area (Å²) in [7, 11) is 0. The summed E-state index contributed by atoms with van der Waals surface area (Å²) >= 11 is 1.77. The van der Waals surface area contributed by atoms with Crippen molar-refractivity contribution in [3.63, 3.8) is 0 Å². The number of carbonyl (C=O) groups excluding carboxylic acids is 1. The molecule has 0 heterocycles. The van der Waals surface area contributed by atoms with E-state index in [1.54, 1.807) is 30.0 Å². The van der Waals surface area contributed by atoms with Gasteiger partial charge in [0.05, 0.1) is 6.42 Å².